The summed E-state index contributed by atoms with van der Waals surface area (Å²) in [7, 11) is 1.53. The summed E-state index contributed by atoms with van der Waals surface area (Å²) < 4.78 is 15.3. The largest absolute Gasteiger partial charge is 0.354 e. The first-order valence-corrected chi connectivity index (χ1v) is 7.00. The molecule has 3 aromatic rings. The summed E-state index contributed by atoms with van der Waals surface area (Å²) in [6.07, 6.45) is 3.19. The van der Waals surface area contributed by atoms with Crippen LogP contribution in [0.2, 0.25) is 0 Å². The number of halogens is 1. The van der Waals surface area contributed by atoms with Crippen molar-refractivity contribution in [2.75, 3.05) is 7.05 Å². The van der Waals surface area contributed by atoms with Crippen LogP contribution in [0.5, 0.6) is 0 Å². The lowest BCUT2D eigenvalue weighted by Gasteiger charge is -2.07. The van der Waals surface area contributed by atoms with Gasteiger partial charge in [0, 0.05) is 31.1 Å². The third kappa shape index (κ3) is 3.08. The fourth-order valence-corrected chi connectivity index (χ4v) is 2.18. The second kappa shape index (κ2) is 6.35. The minimum atomic E-state index is -0.344. The van der Waals surface area contributed by atoms with E-state index in [0.29, 0.717) is 22.8 Å². The van der Waals surface area contributed by atoms with Crippen LogP contribution in [-0.4, -0.2) is 32.7 Å². The van der Waals surface area contributed by atoms with Gasteiger partial charge in [-0.2, -0.15) is 5.10 Å². The van der Waals surface area contributed by atoms with Gasteiger partial charge in [0.2, 0.25) is 0 Å². The second-order valence-electron chi connectivity index (χ2n) is 4.82. The highest BCUT2D eigenvalue weighted by Gasteiger charge is 2.17. The van der Waals surface area contributed by atoms with Crippen molar-refractivity contribution in [2.24, 2.45) is 0 Å². The smallest absolute Gasteiger partial charge is 0.269 e. The summed E-state index contributed by atoms with van der Waals surface area (Å²) in [5, 5.41) is 6.90. The van der Waals surface area contributed by atoms with E-state index in [9.17, 15) is 9.18 Å². The van der Waals surface area contributed by atoms with E-state index in [2.05, 4.69) is 20.4 Å². The number of nitrogens with zero attached hydrogens (tertiary/aromatic N) is 4. The monoisotopic (exact) mass is 311 g/mol. The minimum Gasteiger partial charge on any atom is -0.354 e. The SMILES string of the molecule is CNC(=O)c1cc(-c2ncccn2)nn1Cc1ccccc1F. The number of aromatic nitrogens is 4. The van der Waals surface area contributed by atoms with Crippen molar-refractivity contribution >= 4 is 5.91 Å². The van der Waals surface area contributed by atoms with Crippen molar-refractivity contribution in [3.05, 3.63) is 65.9 Å². The highest BCUT2D eigenvalue weighted by atomic mass is 19.1. The predicted molar refractivity (Wildman–Crippen MR) is 82.1 cm³/mol. The molecule has 7 heteroatoms. The highest BCUT2D eigenvalue weighted by molar-refractivity contribution is 5.93. The molecule has 0 fully saturated rings. The maximum atomic E-state index is 13.9. The zero-order valence-electron chi connectivity index (χ0n) is 12.4. The molecule has 0 bridgehead atoms. The van der Waals surface area contributed by atoms with E-state index in [0.717, 1.165) is 0 Å². The first-order chi connectivity index (χ1) is 11.2. The van der Waals surface area contributed by atoms with Crippen molar-refractivity contribution in [1.82, 2.24) is 25.1 Å². The number of hydrogen-bond donors (Lipinski definition) is 1. The van der Waals surface area contributed by atoms with Gasteiger partial charge in [0.15, 0.2) is 5.82 Å². The highest BCUT2D eigenvalue weighted by Crippen LogP contribution is 2.17. The molecule has 0 saturated carbocycles. The summed E-state index contributed by atoms with van der Waals surface area (Å²) in [5.41, 5.74) is 1.22. The van der Waals surface area contributed by atoms with E-state index in [1.54, 1.807) is 42.7 Å². The van der Waals surface area contributed by atoms with E-state index < -0.39 is 0 Å². The molecule has 0 radical (unpaired) electrons. The number of rotatable bonds is 4. The van der Waals surface area contributed by atoms with Crippen molar-refractivity contribution < 1.29 is 9.18 Å². The zero-order valence-corrected chi connectivity index (χ0v) is 12.4. The lowest BCUT2D eigenvalue weighted by atomic mass is 10.2. The van der Waals surface area contributed by atoms with Crippen LogP contribution < -0.4 is 5.32 Å². The lowest BCUT2D eigenvalue weighted by Crippen LogP contribution is -2.22. The molecule has 2 heterocycles. The summed E-state index contributed by atoms with van der Waals surface area (Å²) >= 11 is 0. The Morgan fingerprint density at radius 3 is 2.65 bits per heavy atom. The van der Waals surface area contributed by atoms with Crippen LogP contribution in [0.25, 0.3) is 11.5 Å². The third-order valence-electron chi connectivity index (χ3n) is 3.31. The van der Waals surface area contributed by atoms with E-state index in [1.807, 2.05) is 0 Å². The number of carbonyl (C=O) groups excluding carboxylic acids is 1. The normalized spacial score (nSPS) is 10.5. The van der Waals surface area contributed by atoms with Crippen molar-refractivity contribution in [3.8, 4) is 11.5 Å². The molecule has 0 spiro atoms. The average Bonchev–Trinajstić information content (AvgIpc) is 3.01. The van der Waals surface area contributed by atoms with Gasteiger partial charge >= 0.3 is 0 Å². The molecule has 1 amide bonds. The maximum Gasteiger partial charge on any atom is 0.269 e. The van der Waals surface area contributed by atoms with Gasteiger partial charge in [-0.25, -0.2) is 14.4 Å². The molecular weight excluding hydrogens is 297 g/mol. The second-order valence-corrected chi connectivity index (χ2v) is 4.82. The molecule has 0 aliphatic rings. The first kappa shape index (κ1) is 14.8. The Balaban J connectivity index is 2.03. The summed E-state index contributed by atoms with van der Waals surface area (Å²) in [4.78, 5) is 20.3. The molecule has 1 N–H and O–H groups in total. The Morgan fingerprint density at radius 2 is 1.96 bits per heavy atom. The van der Waals surface area contributed by atoms with Gasteiger partial charge in [0.05, 0.1) is 6.54 Å². The van der Waals surface area contributed by atoms with Gasteiger partial charge in [-0.3, -0.25) is 9.48 Å². The molecule has 0 saturated heterocycles. The Kier molecular flexibility index (Phi) is 4.09. The molecule has 1 aromatic carbocycles. The fraction of sp³-hybridized carbons (Fsp3) is 0.125. The van der Waals surface area contributed by atoms with Crippen LogP contribution in [0.15, 0.2) is 48.8 Å². The maximum absolute atomic E-state index is 13.9. The van der Waals surface area contributed by atoms with Gasteiger partial charge in [0.25, 0.3) is 5.91 Å². The van der Waals surface area contributed by atoms with Crippen LogP contribution in [0.1, 0.15) is 16.1 Å². The molecule has 0 aliphatic carbocycles. The first-order valence-electron chi connectivity index (χ1n) is 7.00. The van der Waals surface area contributed by atoms with Crippen LogP contribution in [-0.2, 0) is 6.54 Å². The molecule has 23 heavy (non-hydrogen) atoms. The van der Waals surface area contributed by atoms with Gasteiger partial charge in [-0.1, -0.05) is 18.2 Å². The number of amides is 1. The van der Waals surface area contributed by atoms with E-state index in [-0.39, 0.29) is 18.3 Å². The average molecular weight is 311 g/mol. The molecule has 0 atom stereocenters. The molecule has 6 nitrogen and oxygen atoms in total. The number of carbonyl (C=O) groups is 1. The van der Waals surface area contributed by atoms with Gasteiger partial charge < -0.3 is 5.32 Å². The number of hydrogen-bond acceptors (Lipinski definition) is 4. The standard InChI is InChI=1S/C16H14FN5O/c1-18-16(23)14-9-13(15-19-7-4-8-20-15)21-22(14)10-11-5-2-3-6-12(11)17/h2-9H,10H2,1H3,(H,18,23). The topological polar surface area (TPSA) is 72.7 Å². The van der Waals surface area contributed by atoms with Gasteiger partial charge in [-0.15, -0.1) is 0 Å². The van der Waals surface area contributed by atoms with Crippen LogP contribution in [0.4, 0.5) is 4.39 Å². The molecule has 0 unspecified atom stereocenters. The van der Waals surface area contributed by atoms with E-state index in [4.69, 9.17) is 0 Å². The minimum absolute atomic E-state index is 0.141. The van der Waals surface area contributed by atoms with E-state index in [1.165, 1.54) is 17.8 Å². The van der Waals surface area contributed by atoms with E-state index >= 15 is 0 Å². The van der Waals surface area contributed by atoms with Gasteiger partial charge in [-0.05, 0) is 12.1 Å². The Morgan fingerprint density at radius 1 is 1.22 bits per heavy atom. The molecule has 3 rings (SSSR count). The van der Waals surface area contributed by atoms with Crippen LogP contribution in [0, 0.1) is 5.82 Å². The fourth-order valence-electron chi connectivity index (χ4n) is 2.18. The Bertz CT molecular complexity index is 831. The molecule has 2 aromatic heterocycles. The number of nitrogens with one attached hydrogen (secondary N) is 1. The summed E-state index contributed by atoms with van der Waals surface area (Å²) in [6.45, 7) is 0.141. The predicted octanol–water partition coefficient (Wildman–Crippen LogP) is 1.89. The van der Waals surface area contributed by atoms with Gasteiger partial charge in [0.1, 0.15) is 17.2 Å². The summed E-state index contributed by atoms with van der Waals surface area (Å²) in [5.74, 6) is -0.246. The molecule has 116 valence electrons. The van der Waals surface area contributed by atoms with Crippen LogP contribution >= 0.6 is 0 Å². The number of benzene rings is 1. The molecule has 0 aliphatic heterocycles. The summed E-state index contributed by atoms with van der Waals surface area (Å²) in [6, 6.07) is 9.67. The lowest BCUT2D eigenvalue weighted by molar-refractivity contribution is 0.0953. The Labute approximate surface area is 132 Å². The third-order valence-corrected chi connectivity index (χ3v) is 3.31. The molecular formula is C16H14FN5O. The van der Waals surface area contributed by atoms with Crippen LogP contribution in [0.3, 0.4) is 0 Å². The quantitative estimate of drug-likeness (QED) is 0.798. The Hall–Kier alpha value is -3.09. The zero-order chi connectivity index (χ0) is 16.2. The van der Waals surface area contributed by atoms with Crippen molar-refractivity contribution in [1.29, 1.82) is 0 Å². The van der Waals surface area contributed by atoms with Crippen molar-refractivity contribution in [3.63, 3.8) is 0 Å². The van der Waals surface area contributed by atoms with Crippen molar-refractivity contribution in [2.45, 2.75) is 6.54 Å².